The SMILES string of the molecule is C#CCCCNCCC(=O)NC(C)(C)C. The standard InChI is InChI=1S/C12H22N2O/c1-5-6-7-9-13-10-8-11(15)14-12(2,3)4/h1,13H,6-10H2,2-4H3,(H,14,15). The first-order valence-corrected chi connectivity index (χ1v) is 5.41. The van der Waals surface area contributed by atoms with E-state index in [0.717, 1.165) is 19.4 Å². The molecule has 0 aliphatic carbocycles. The van der Waals surface area contributed by atoms with E-state index in [0.29, 0.717) is 13.0 Å². The van der Waals surface area contributed by atoms with Crippen LogP contribution >= 0.6 is 0 Å². The lowest BCUT2D eigenvalue weighted by atomic mass is 10.1. The Morgan fingerprint density at radius 3 is 2.53 bits per heavy atom. The molecule has 0 bridgehead atoms. The molecule has 0 fully saturated rings. The zero-order valence-corrected chi connectivity index (χ0v) is 10.0. The zero-order chi connectivity index (χ0) is 11.7. The molecule has 3 heteroatoms. The Bertz CT molecular complexity index is 223. The van der Waals surface area contributed by atoms with Gasteiger partial charge in [0.1, 0.15) is 0 Å². The predicted octanol–water partition coefficient (Wildman–Crippen LogP) is 1.29. The van der Waals surface area contributed by atoms with Gasteiger partial charge in [-0.3, -0.25) is 4.79 Å². The maximum absolute atomic E-state index is 11.4. The molecule has 0 rings (SSSR count). The second-order valence-electron chi connectivity index (χ2n) is 4.61. The molecular formula is C12H22N2O. The minimum atomic E-state index is -0.138. The Morgan fingerprint density at radius 2 is 2.00 bits per heavy atom. The molecule has 0 radical (unpaired) electrons. The number of hydrogen-bond donors (Lipinski definition) is 2. The highest BCUT2D eigenvalue weighted by molar-refractivity contribution is 5.76. The number of carbonyl (C=O) groups is 1. The van der Waals surface area contributed by atoms with Crippen LogP contribution in [0.4, 0.5) is 0 Å². The van der Waals surface area contributed by atoms with Crippen LogP contribution in [-0.2, 0) is 4.79 Å². The third-order valence-corrected chi connectivity index (χ3v) is 1.72. The molecule has 2 N–H and O–H groups in total. The van der Waals surface area contributed by atoms with Gasteiger partial charge in [-0.2, -0.15) is 0 Å². The van der Waals surface area contributed by atoms with E-state index in [-0.39, 0.29) is 11.4 Å². The summed E-state index contributed by atoms with van der Waals surface area (Å²) in [4.78, 5) is 11.4. The molecule has 0 aliphatic heterocycles. The van der Waals surface area contributed by atoms with Crippen molar-refractivity contribution in [1.82, 2.24) is 10.6 Å². The Balaban J connectivity index is 3.37. The molecule has 0 aromatic heterocycles. The number of amides is 1. The van der Waals surface area contributed by atoms with Crippen LogP contribution in [0.25, 0.3) is 0 Å². The van der Waals surface area contributed by atoms with Gasteiger partial charge in [0.25, 0.3) is 0 Å². The Labute approximate surface area is 93.0 Å². The van der Waals surface area contributed by atoms with E-state index in [4.69, 9.17) is 6.42 Å². The third-order valence-electron chi connectivity index (χ3n) is 1.72. The van der Waals surface area contributed by atoms with Crippen molar-refractivity contribution in [1.29, 1.82) is 0 Å². The van der Waals surface area contributed by atoms with E-state index in [1.165, 1.54) is 0 Å². The second-order valence-corrected chi connectivity index (χ2v) is 4.61. The third kappa shape index (κ3) is 10.9. The van der Waals surface area contributed by atoms with Crippen molar-refractivity contribution in [3.8, 4) is 12.3 Å². The fourth-order valence-corrected chi connectivity index (χ4v) is 1.12. The Morgan fingerprint density at radius 1 is 1.33 bits per heavy atom. The zero-order valence-electron chi connectivity index (χ0n) is 10.0. The molecule has 0 unspecified atom stereocenters. The van der Waals surface area contributed by atoms with Crippen molar-refractivity contribution in [3.63, 3.8) is 0 Å². The van der Waals surface area contributed by atoms with Crippen molar-refractivity contribution in [2.45, 2.75) is 45.6 Å². The molecule has 0 saturated carbocycles. The molecule has 3 nitrogen and oxygen atoms in total. The number of terminal acetylenes is 1. The van der Waals surface area contributed by atoms with Gasteiger partial charge in [0, 0.05) is 24.9 Å². The highest BCUT2D eigenvalue weighted by Crippen LogP contribution is 1.98. The topological polar surface area (TPSA) is 41.1 Å². The van der Waals surface area contributed by atoms with Crippen LogP contribution in [-0.4, -0.2) is 24.5 Å². The van der Waals surface area contributed by atoms with E-state index in [1.807, 2.05) is 20.8 Å². The van der Waals surface area contributed by atoms with Crippen LogP contribution in [0.15, 0.2) is 0 Å². The average molecular weight is 210 g/mol. The van der Waals surface area contributed by atoms with E-state index in [1.54, 1.807) is 0 Å². The molecule has 0 spiro atoms. The van der Waals surface area contributed by atoms with Gasteiger partial charge in [0.2, 0.25) is 5.91 Å². The summed E-state index contributed by atoms with van der Waals surface area (Å²) in [5.41, 5.74) is -0.138. The lowest BCUT2D eigenvalue weighted by molar-refractivity contribution is -0.122. The summed E-state index contributed by atoms with van der Waals surface area (Å²) in [5.74, 6) is 2.67. The normalized spacial score (nSPS) is 10.8. The van der Waals surface area contributed by atoms with Gasteiger partial charge >= 0.3 is 0 Å². The fourth-order valence-electron chi connectivity index (χ4n) is 1.12. The van der Waals surface area contributed by atoms with Crippen LogP contribution in [0.1, 0.15) is 40.0 Å². The molecule has 0 aliphatic rings. The Hall–Kier alpha value is -1.01. The van der Waals surface area contributed by atoms with Crippen LogP contribution in [0.3, 0.4) is 0 Å². The molecule has 0 atom stereocenters. The minimum Gasteiger partial charge on any atom is -0.351 e. The summed E-state index contributed by atoms with van der Waals surface area (Å²) >= 11 is 0. The number of carbonyl (C=O) groups excluding carboxylic acids is 1. The maximum Gasteiger partial charge on any atom is 0.221 e. The molecular weight excluding hydrogens is 188 g/mol. The Kier molecular flexibility index (Phi) is 6.81. The van der Waals surface area contributed by atoms with Crippen molar-refractivity contribution in [2.75, 3.05) is 13.1 Å². The van der Waals surface area contributed by atoms with Gasteiger partial charge < -0.3 is 10.6 Å². The number of rotatable bonds is 6. The van der Waals surface area contributed by atoms with Crippen LogP contribution in [0.5, 0.6) is 0 Å². The van der Waals surface area contributed by atoms with Crippen LogP contribution in [0, 0.1) is 12.3 Å². The van der Waals surface area contributed by atoms with Crippen LogP contribution in [0.2, 0.25) is 0 Å². The maximum atomic E-state index is 11.4. The first kappa shape index (κ1) is 14.0. The smallest absolute Gasteiger partial charge is 0.221 e. The second kappa shape index (κ2) is 7.30. The molecule has 0 heterocycles. The van der Waals surface area contributed by atoms with E-state index in [9.17, 15) is 4.79 Å². The highest BCUT2D eigenvalue weighted by atomic mass is 16.1. The fraction of sp³-hybridized carbons (Fsp3) is 0.750. The summed E-state index contributed by atoms with van der Waals surface area (Å²) in [6.07, 6.45) is 7.40. The van der Waals surface area contributed by atoms with E-state index in [2.05, 4.69) is 16.6 Å². The number of unbranched alkanes of at least 4 members (excludes halogenated alkanes) is 1. The minimum absolute atomic E-state index is 0.0898. The van der Waals surface area contributed by atoms with Gasteiger partial charge in [0.05, 0.1) is 0 Å². The molecule has 0 aromatic rings. The summed E-state index contributed by atoms with van der Waals surface area (Å²) in [7, 11) is 0. The van der Waals surface area contributed by atoms with Gasteiger partial charge in [-0.25, -0.2) is 0 Å². The summed E-state index contributed by atoms with van der Waals surface area (Å²) in [5, 5.41) is 6.09. The summed E-state index contributed by atoms with van der Waals surface area (Å²) < 4.78 is 0. The first-order chi connectivity index (χ1) is 6.95. The molecule has 15 heavy (non-hydrogen) atoms. The van der Waals surface area contributed by atoms with Crippen molar-refractivity contribution >= 4 is 5.91 Å². The number of hydrogen-bond acceptors (Lipinski definition) is 2. The first-order valence-electron chi connectivity index (χ1n) is 5.41. The molecule has 0 saturated heterocycles. The van der Waals surface area contributed by atoms with Crippen LogP contribution < -0.4 is 10.6 Å². The quantitative estimate of drug-likeness (QED) is 0.512. The summed E-state index contributed by atoms with van der Waals surface area (Å²) in [6.45, 7) is 7.53. The van der Waals surface area contributed by atoms with E-state index >= 15 is 0 Å². The van der Waals surface area contributed by atoms with E-state index < -0.39 is 0 Å². The van der Waals surface area contributed by atoms with Gasteiger partial charge in [-0.1, -0.05) is 0 Å². The molecule has 86 valence electrons. The molecule has 0 aromatic carbocycles. The highest BCUT2D eigenvalue weighted by Gasteiger charge is 2.12. The lowest BCUT2D eigenvalue weighted by Crippen LogP contribution is -2.41. The largest absolute Gasteiger partial charge is 0.351 e. The van der Waals surface area contributed by atoms with Gasteiger partial charge in [-0.15, -0.1) is 12.3 Å². The number of nitrogens with one attached hydrogen (secondary N) is 2. The van der Waals surface area contributed by atoms with Crippen molar-refractivity contribution in [3.05, 3.63) is 0 Å². The van der Waals surface area contributed by atoms with Gasteiger partial charge in [0.15, 0.2) is 0 Å². The monoisotopic (exact) mass is 210 g/mol. The van der Waals surface area contributed by atoms with Gasteiger partial charge in [-0.05, 0) is 33.7 Å². The summed E-state index contributed by atoms with van der Waals surface area (Å²) in [6, 6.07) is 0. The average Bonchev–Trinajstić information content (AvgIpc) is 2.08. The molecule has 1 amide bonds. The lowest BCUT2D eigenvalue weighted by Gasteiger charge is -2.20. The van der Waals surface area contributed by atoms with Crippen molar-refractivity contribution < 1.29 is 4.79 Å². The predicted molar refractivity (Wildman–Crippen MR) is 63.4 cm³/mol. The van der Waals surface area contributed by atoms with Crippen molar-refractivity contribution in [2.24, 2.45) is 0 Å².